The van der Waals surface area contributed by atoms with E-state index in [2.05, 4.69) is 4.72 Å². The van der Waals surface area contributed by atoms with Crippen LogP contribution in [0.2, 0.25) is 0 Å². The Hall–Kier alpha value is -2.31. The number of sulfonamides is 1. The third-order valence-corrected chi connectivity index (χ3v) is 5.33. The van der Waals surface area contributed by atoms with Gasteiger partial charge in [-0.05, 0) is 35.9 Å². The fourth-order valence-electron chi connectivity index (χ4n) is 2.55. The molecule has 0 bridgehead atoms. The first-order chi connectivity index (χ1) is 11.4. The van der Waals surface area contributed by atoms with Crippen molar-refractivity contribution in [1.82, 2.24) is 4.72 Å². The first kappa shape index (κ1) is 16.5. The summed E-state index contributed by atoms with van der Waals surface area (Å²) in [4.78, 5) is 0.0931. The van der Waals surface area contributed by atoms with Crippen LogP contribution in [-0.4, -0.2) is 8.42 Å². The molecule has 0 radical (unpaired) electrons. The summed E-state index contributed by atoms with van der Waals surface area (Å²) in [5.41, 5.74) is 0.0840. The van der Waals surface area contributed by atoms with Crippen molar-refractivity contribution in [2.75, 3.05) is 0 Å². The molecule has 0 saturated carbocycles. The topological polar surface area (TPSA) is 46.2 Å². The van der Waals surface area contributed by atoms with Gasteiger partial charge in [0.15, 0.2) is 0 Å². The Morgan fingerprint density at radius 1 is 0.917 bits per heavy atom. The summed E-state index contributed by atoms with van der Waals surface area (Å²) in [7, 11) is -3.84. The summed E-state index contributed by atoms with van der Waals surface area (Å²) in [6.07, 6.45) is 0. The molecule has 0 heterocycles. The van der Waals surface area contributed by atoms with Crippen LogP contribution in [0.25, 0.3) is 10.8 Å². The minimum absolute atomic E-state index is 0.0840. The van der Waals surface area contributed by atoms with Crippen molar-refractivity contribution in [1.29, 1.82) is 0 Å². The molecule has 1 N–H and O–H groups in total. The maximum atomic E-state index is 13.8. The van der Waals surface area contributed by atoms with Crippen molar-refractivity contribution >= 4 is 20.8 Å². The highest BCUT2D eigenvalue weighted by Crippen LogP contribution is 2.23. The number of hydrogen-bond acceptors (Lipinski definition) is 2. The van der Waals surface area contributed by atoms with Gasteiger partial charge in [0.1, 0.15) is 11.6 Å². The zero-order valence-corrected chi connectivity index (χ0v) is 13.6. The van der Waals surface area contributed by atoms with Crippen molar-refractivity contribution in [3.63, 3.8) is 0 Å². The van der Waals surface area contributed by atoms with E-state index in [-0.39, 0.29) is 10.5 Å². The smallest absolute Gasteiger partial charge is 0.207 e. The second-order valence-electron chi connectivity index (χ2n) is 5.52. The van der Waals surface area contributed by atoms with Gasteiger partial charge in [-0.2, -0.15) is 0 Å². The van der Waals surface area contributed by atoms with Crippen LogP contribution < -0.4 is 4.72 Å². The summed E-state index contributed by atoms with van der Waals surface area (Å²) in [5.74, 6) is -1.50. The normalized spacial score (nSPS) is 13.1. The predicted molar refractivity (Wildman–Crippen MR) is 89.0 cm³/mol. The molecule has 3 aromatic carbocycles. The molecule has 0 fully saturated rings. The van der Waals surface area contributed by atoms with Crippen LogP contribution in [0.15, 0.2) is 65.6 Å². The van der Waals surface area contributed by atoms with Crippen LogP contribution in [0.4, 0.5) is 8.78 Å². The highest BCUT2D eigenvalue weighted by atomic mass is 32.2. The minimum Gasteiger partial charge on any atom is -0.207 e. The Labute approximate surface area is 139 Å². The van der Waals surface area contributed by atoms with Gasteiger partial charge in [0.25, 0.3) is 0 Å². The van der Waals surface area contributed by atoms with Crippen LogP contribution >= 0.6 is 0 Å². The Morgan fingerprint density at radius 2 is 1.62 bits per heavy atom. The Morgan fingerprint density at radius 3 is 2.33 bits per heavy atom. The molecule has 3 nitrogen and oxygen atoms in total. The lowest BCUT2D eigenvalue weighted by Gasteiger charge is -2.15. The van der Waals surface area contributed by atoms with E-state index in [4.69, 9.17) is 0 Å². The monoisotopic (exact) mass is 347 g/mol. The third kappa shape index (κ3) is 3.29. The zero-order chi connectivity index (χ0) is 17.3. The molecule has 0 aromatic heterocycles. The van der Waals surface area contributed by atoms with E-state index in [0.717, 1.165) is 22.9 Å². The van der Waals surface area contributed by atoms with Crippen molar-refractivity contribution in [3.05, 3.63) is 77.9 Å². The summed E-state index contributed by atoms with van der Waals surface area (Å²) >= 11 is 0. The van der Waals surface area contributed by atoms with Gasteiger partial charge in [-0.1, -0.05) is 36.4 Å². The molecular formula is C18H15F2NO2S. The predicted octanol–water partition coefficient (Wildman–Crippen LogP) is 4.16. The van der Waals surface area contributed by atoms with Gasteiger partial charge in [-0.25, -0.2) is 21.9 Å². The van der Waals surface area contributed by atoms with E-state index < -0.39 is 27.7 Å². The van der Waals surface area contributed by atoms with Crippen LogP contribution in [0.5, 0.6) is 0 Å². The Kier molecular flexibility index (Phi) is 4.34. The molecular weight excluding hydrogens is 332 g/mol. The number of hydrogen-bond donors (Lipinski definition) is 1. The standard InChI is InChI=1S/C18H15F2NO2S/c1-12(17-9-7-15(19)11-18(17)20)21-24(22,23)16-8-6-13-4-2-3-5-14(13)10-16/h2-12,21H,1H3/t12-/m0/s1. The Bertz CT molecular complexity index is 1000. The number of benzene rings is 3. The average molecular weight is 347 g/mol. The SMILES string of the molecule is C[C@H](NS(=O)(=O)c1ccc2ccccc2c1)c1ccc(F)cc1F. The number of rotatable bonds is 4. The van der Waals surface area contributed by atoms with Crippen LogP contribution in [0, 0.1) is 11.6 Å². The highest BCUT2D eigenvalue weighted by Gasteiger charge is 2.20. The van der Waals surface area contributed by atoms with Crippen molar-refractivity contribution in [2.24, 2.45) is 0 Å². The molecule has 0 spiro atoms. The maximum absolute atomic E-state index is 13.8. The average Bonchev–Trinajstić information content (AvgIpc) is 2.53. The molecule has 0 unspecified atom stereocenters. The van der Waals surface area contributed by atoms with Gasteiger partial charge < -0.3 is 0 Å². The van der Waals surface area contributed by atoms with Crippen molar-refractivity contribution < 1.29 is 17.2 Å². The molecule has 0 aliphatic heterocycles. The second kappa shape index (κ2) is 6.30. The van der Waals surface area contributed by atoms with E-state index >= 15 is 0 Å². The second-order valence-corrected chi connectivity index (χ2v) is 7.23. The fraction of sp³-hybridized carbons (Fsp3) is 0.111. The molecule has 0 aliphatic carbocycles. The van der Waals surface area contributed by atoms with Gasteiger partial charge in [-0.3, -0.25) is 0 Å². The first-order valence-corrected chi connectivity index (χ1v) is 8.81. The summed E-state index contributed by atoms with van der Waals surface area (Å²) in [5, 5.41) is 1.72. The maximum Gasteiger partial charge on any atom is 0.241 e. The molecule has 0 amide bonds. The molecule has 0 saturated heterocycles. The van der Waals surface area contributed by atoms with Crippen molar-refractivity contribution in [2.45, 2.75) is 17.9 Å². The lowest BCUT2D eigenvalue weighted by Crippen LogP contribution is -2.27. The lowest BCUT2D eigenvalue weighted by molar-refractivity contribution is 0.540. The summed E-state index contributed by atoms with van der Waals surface area (Å²) < 4.78 is 54.3. The van der Waals surface area contributed by atoms with E-state index in [1.807, 2.05) is 24.3 Å². The van der Waals surface area contributed by atoms with Crippen LogP contribution in [0.3, 0.4) is 0 Å². The third-order valence-electron chi connectivity index (χ3n) is 3.79. The number of fused-ring (bicyclic) bond motifs is 1. The largest absolute Gasteiger partial charge is 0.241 e. The molecule has 1 atom stereocenters. The first-order valence-electron chi connectivity index (χ1n) is 7.33. The van der Waals surface area contributed by atoms with E-state index in [9.17, 15) is 17.2 Å². The van der Waals surface area contributed by atoms with Gasteiger partial charge in [0.05, 0.1) is 4.90 Å². The van der Waals surface area contributed by atoms with Gasteiger partial charge in [-0.15, -0.1) is 0 Å². The quantitative estimate of drug-likeness (QED) is 0.770. The number of halogens is 2. The molecule has 3 aromatic rings. The molecule has 0 aliphatic rings. The molecule has 124 valence electrons. The molecule has 24 heavy (non-hydrogen) atoms. The fourth-order valence-corrected chi connectivity index (χ4v) is 3.81. The number of nitrogens with one attached hydrogen (secondary N) is 1. The van der Waals surface area contributed by atoms with Gasteiger partial charge in [0.2, 0.25) is 10.0 Å². The van der Waals surface area contributed by atoms with E-state index in [0.29, 0.717) is 0 Å². The summed E-state index contributed by atoms with van der Waals surface area (Å²) in [6.45, 7) is 1.51. The van der Waals surface area contributed by atoms with E-state index in [1.54, 1.807) is 12.1 Å². The summed E-state index contributed by atoms with van der Waals surface area (Å²) in [6, 6.07) is 14.4. The minimum atomic E-state index is -3.84. The Balaban J connectivity index is 1.91. The molecule has 6 heteroatoms. The highest BCUT2D eigenvalue weighted by molar-refractivity contribution is 7.89. The van der Waals surface area contributed by atoms with Gasteiger partial charge >= 0.3 is 0 Å². The van der Waals surface area contributed by atoms with Crippen molar-refractivity contribution in [3.8, 4) is 0 Å². The lowest BCUT2D eigenvalue weighted by atomic mass is 10.1. The zero-order valence-electron chi connectivity index (χ0n) is 12.8. The van der Waals surface area contributed by atoms with Gasteiger partial charge in [0, 0.05) is 17.7 Å². The van der Waals surface area contributed by atoms with Crippen LogP contribution in [0.1, 0.15) is 18.5 Å². The van der Waals surface area contributed by atoms with Crippen LogP contribution in [-0.2, 0) is 10.0 Å². The van der Waals surface area contributed by atoms with E-state index in [1.165, 1.54) is 19.1 Å². The molecule has 3 rings (SSSR count).